The third kappa shape index (κ3) is 1.32. The van der Waals surface area contributed by atoms with Crippen molar-refractivity contribution in [3.63, 3.8) is 0 Å². The standard InChI is InChI=1S/C12H15NO2S2/c1-13-11-7-3-2-6-10(11)12(17(13,14)15)8-4-5-9-16-12/h2-3,6-7H,4-5,8-9H2,1H3. The second-order valence-electron chi connectivity index (χ2n) is 4.55. The van der Waals surface area contributed by atoms with E-state index < -0.39 is 14.1 Å². The predicted molar refractivity (Wildman–Crippen MR) is 71.8 cm³/mol. The highest BCUT2D eigenvalue weighted by molar-refractivity contribution is 8.14. The van der Waals surface area contributed by atoms with Crippen molar-refractivity contribution in [1.29, 1.82) is 0 Å². The van der Waals surface area contributed by atoms with Crippen LogP contribution in [0.1, 0.15) is 24.8 Å². The smallest absolute Gasteiger partial charge is 0.254 e. The molecule has 1 aromatic rings. The summed E-state index contributed by atoms with van der Waals surface area (Å²) in [6.07, 6.45) is 2.85. The van der Waals surface area contributed by atoms with Crippen LogP contribution in [0.2, 0.25) is 0 Å². The normalized spacial score (nSPS) is 30.5. The lowest BCUT2D eigenvalue weighted by atomic mass is 10.0. The third-order valence-electron chi connectivity index (χ3n) is 3.67. The Kier molecular flexibility index (Phi) is 2.45. The third-order valence-corrected chi connectivity index (χ3v) is 8.21. The first-order chi connectivity index (χ1) is 8.09. The van der Waals surface area contributed by atoms with Gasteiger partial charge in [0.1, 0.15) is 0 Å². The molecule has 5 heteroatoms. The molecule has 1 fully saturated rings. The summed E-state index contributed by atoms with van der Waals surface area (Å²) >= 11 is 1.60. The predicted octanol–water partition coefficient (Wildman–Crippen LogP) is 2.54. The van der Waals surface area contributed by atoms with E-state index in [1.165, 1.54) is 4.31 Å². The lowest BCUT2D eigenvalue weighted by Gasteiger charge is -2.32. The molecule has 1 atom stereocenters. The number of fused-ring (bicyclic) bond motifs is 2. The summed E-state index contributed by atoms with van der Waals surface area (Å²) in [6, 6.07) is 7.70. The first-order valence-electron chi connectivity index (χ1n) is 5.81. The van der Waals surface area contributed by atoms with Crippen LogP contribution < -0.4 is 4.31 Å². The maximum atomic E-state index is 12.6. The number of anilines is 1. The van der Waals surface area contributed by atoms with Crippen LogP contribution in [0.25, 0.3) is 0 Å². The minimum atomic E-state index is -3.25. The minimum absolute atomic E-state index is 0.712. The zero-order valence-electron chi connectivity index (χ0n) is 9.72. The average molecular weight is 269 g/mol. The van der Waals surface area contributed by atoms with Crippen LogP contribution >= 0.6 is 11.8 Å². The van der Waals surface area contributed by atoms with E-state index in [9.17, 15) is 8.42 Å². The fraction of sp³-hybridized carbons (Fsp3) is 0.500. The summed E-state index contributed by atoms with van der Waals surface area (Å²) in [5.74, 6) is 0.932. The summed E-state index contributed by atoms with van der Waals surface area (Å²) in [6.45, 7) is 0. The molecule has 1 aromatic carbocycles. The average Bonchev–Trinajstić information content (AvgIpc) is 2.52. The Labute approximate surface area is 106 Å². The highest BCUT2D eigenvalue weighted by Gasteiger charge is 2.55. The summed E-state index contributed by atoms with van der Waals surface area (Å²) in [5.41, 5.74) is 1.83. The fourth-order valence-corrected chi connectivity index (χ4v) is 6.93. The van der Waals surface area contributed by atoms with Crippen molar-refractivity contribution in [3.8, 4) is 0 Å². The van der Waals surface area contributed by atoms with E-state index in [4.69, 9.17) is 0 Å². The molecule has 1 saturated heterocycles. The Morgan fingerprint density at radius 1 is 1.29 bits per heavy atom. The van der Waals surface area contributed by atoms with Crippen LogP contribution in [0.5, 0.6) is 0 Å². The molecule has 0 radical (unpaired) electrons. The van der Waals surface area contributed by atoms with E-state index in [1.807, 2.05) is 24.3 Å². The molecule has 3 rings (SSSR count). The molecule has 17 heavy (non-hydrogen) atoms. The van der Waals surface area contributed by atoms with E-state index in [2.05, 4.69) is 0 Å². The Hall–Kier alpha value is -0.680. The van der Waals surface area contributed by atoms with Crippen LogP contribution in [-0.2, 0) is 14.1 Å². The summed E-state index contributed by atoms with van der Waals surface area (Å²) in [4.78, 5) is 0. The van der Waals surface area contributed by atoms with E-state index in [1.54, 1.807) is 18.8 Å². The summed E-state index contributed by atoms with van der Waals surface area (Å²) in [7, 11) is -1.59. The van der Waals surface area contributed by atoms with Gasteiger partial charge >= 0.3 is 0 Å². The molecular formula is C12H15NO2S2. The van der Waals surface area contributed by atoms with Crippen molar-refractivity contribution in [3.05, 3.63) is 29.8 Å². The highest BCUT2D eigenvalue weighted by Crippen LogP contribution is 2.57. The Morgan fingerprint density at radius 2 is 2.06 bits per heavy atom. The van der Waals surface area contributed by atoms with Gasteiger partial charge in [0.05, 0.1) is 5.69 Å². The van der Waals surface area contributed by atoms with Crippen molar-refractivity contribution in [2.45, 2.75) is 23.3 Å². The molecule has 92 valence electrons. The minimum Gasteiger partial charge on any atom is -0.271 e. The maximum absolute atomic E-state index is 12.6. The molecule has 0 N–H and O–H groups in total. The van der Waals surface area contributed by atoms with Crippen LogP contribution in [0.3, 0.4) is 0 Å². The SMILES string of the molecule is CN1c2ccccc2C2(CCCCS2)S1(=O)=O. The van der Waals surface area contributed by atoms with Gasteiger partial charge in [0.2, 0.25) is 0 Å². The first-order valence-corrected chi connectivity index (χ1v) is 8.24. The van der Waals surface area contributed by atoms with Gasteiger partial charge in [0.25, 0.3) is 10.0 Å². The van der Waals surface area contributed by atoms with Crippen molar-refractivity contribution in [2.75, 3.05) is 17.1 Å². The molecule has 2 aliphatic rings. The zero-order valence-corrected chi connectivity index (χ0v) is 11.4. The fourth-order valence-electron chi connectivity index (χ4n) is 2.74. The van der Waals surface area contributed by atoms with Gasteiger partial charge in [-0.05, 0) is 31.1 Å². The van der Waals surface area contributed by atoms with Crippen LogP contribution in [0, 0.1) is 0 Å². The zero-order chi connectivity index (χ0) is 12.1. The molecule has 0 amide bonds. The van der Waals surface area contributed by atoms with Crippen LogP contribution in [0.4, 0.5) is 5.69 Å². The lowest BCUT2D eigenvalue weighted by molar-refractivity contribution is 0.556. The highest BCUT2D eigenvalue weighted by atomic mass is 32.3. The number of sulfonamides is 1. The molecule has 0 aromatic heterocycles. The van der Waals surface area contributed by atoms with Gasteiger partial charge < -0.3 is 0 Å². The van der Waals surface area contributed by atoms with E-state index in [0.717, 1.165) is 36.3 Å². The molecule has 2 aliphatic heterocycles. The Morgan fingerprint density at radius 3 is 2.76 bits per heavy atom. The van der Waals surface area contributed by atoms with Gasteiger partial charge in [-0.25, -0.2) is 8.42 Å². The number of nitrogens with zero attached hydrogens (tertiary/aromatic N) is 1. The van der Waals surface area contributed by atoms with E-state index >= 15 is 0 Å². The Balaban J connectivity index is 2.26. The number of rotatable bonds is 0. The number of hydrogen-bond acceptors (Lipinski definition) is 3. The van der Waals surface area contributed by atoms with Crippen molar-refractivity contribution in [1.82, 2.24) is 0 Å². The lowest BCUT2D eigenvalue weighted by Crippen LogP contribution is -2.37. The van der Waals surface area contributed by atoms with Crippen LogP contribution in [0.15, 0.2) is 24.3 Å². The molecule has 0 saturated carbocycles. The molecule has 1 spiro atoms. The van der Waals surface area contributed by atoms with Crippen LogP contribution in [-0.4, -0.2) is 21.2 Å². The summed E-state index contributed by atoms with van der Waals surface area (Å²) in [5, 5.41) is 0. The number of benzene rings is 1. The first kappa shape index (κ1) is 11.4. The second kappa shape index (κ2) is 3.65. The monoisotopic (exact) mass is 269 g/mol. The van der Waals surface area contributed by atoms with E-state index in [-0.39, 0.29) is 0 Å². The van der Waals surface area contributed by atoms with Gasteiger partial charge in [-0.1, -0.05) is 18.2 Å². The molecule has 3 nitrogen and oxygen atoms in total. The number of thioether (sulfide) groups is 1. The molecule has 0 aliphatic carbocycles. The van der Waals surface area contributed by atoms with Gasteiger partial charge in [-0.3, -0.25) is 4.31 Å². The van der Waals surface area contributed by atoms with Gasteiger partial charge in [0, 0.05) is 12.6 Å². The number of para-hydroxylation sites is 1. The van der Waals surface area contributed by atoms with Crippen molar-refractivity contribution < 1.29 is 8.42 Å². The number of hydrogen-bond donors (Lipinski definition) is 0. The van der Waals surface area contributed by atoms with Gasteiger partial charge in [0.15, 0.2) is 4.08 Å². The largest absolute Gasteiger partial charge is 0.271 e. The quantitative estimate of drug-likeness (QED) is 0.726. The van der Waals surface area contributed by atoms with Crippen molar-refractivity contribution >= 4 is 27.5 Å². The second-order valence-corrected chi connectivity index (χ2v) is 8.40. The van der Waals surface area contributed by atoms with Gasteiger partial charge in [-0.2, -0.15) is 0 Å². The molecular weight excluding hydrogens is 254 g/mol. The topological polar surface area (TPSA) is 37.4 Å². The molecule has 2 heterocycles. The van der Waals surface area contributed by atoms with Gasteiger partial charge in [-0.15, -0.1) is 11.8 Å². The maximum Gasteiger partial charge on any atom is 0.254 e. The van der Waals surface area contributed by atoms with Crippen molar-refractivity contribution in [2.24, 2.45) is 0 Å². The van der Waals surface area contributed by atoms with E-state index in [0.29, 0.717) is 0 Å². The summed E-state index contributed by atoms with van der Waals surface area (Å²) < 4.78 is 26.0. The Bertz CT molecular complexity index is 547. The molecule has 1 unspecified atom stereocenters. The molecule has 0 bridgehead atoms.